The van der Waals surface area contributed by atoms with Gasteiger partial charge in [0, 0.05) is 65.3 Å². The Morgan fingerprint density at radius 1 is 0.321 bits per heavy atom. The molecule has 0 bridgehead atoms. The molecule has 8 nitrogen and oxygen atoms in total. The van der Waals surface area contributed by atoms with Gasteiger partial charge in [0.05, 0.1) is 91.9 Å². The van der Waals surface area contributed by atoms with Gasteiger partial charge in [-0.2, -0.15) is 10.5 Å². The Morgan fingerprint density at radius 3 is 1.04 bits per heavy atom. The molecular formula is C76H46N8. The molecule has 2 aliphatic carbocycles. The maximum absolute atomic E-state index is 11.9. The van der Waals surface area contributed by atoms with Crippen molar-refractivity contribution < 1.29 is 0 Å². The highest BCUT2D eigenvalue weighted by Gasteiger charge is 2.39. The Balaban J connectivity index is 0.984. The van der Waals surface area contributed by atoms with E-state index in [1.165, 1.54) is 11.1 Å². The minimum atomic E-state index is -0.396. The van der Waals surface area contributed by atoms with Gasteiger partial charge in [-0.05, 0) is 129 Å². The highest BCUT2D eigenvalue weighted by molar-refractivity contribution is 6.17. The number of hydrogen-bond donors (Lipinski definition) is 0. The van der Waals surface area contributed by atoms with Gasteiger partial charge in [0.25, 0.3) is 0 Å². The molecule has 0 saturated heterocycles. The second kappa shape index (κ2) is 16.6. The fourth-order valence-corrected chi connectivity index (χ4v) is 15.1. The summed E-state index contributed by atoms with van der Waals surface area (Å²) in [6.45, 7) is 27.5. The number of nitrogens with zero attached hydrogens (tertiary/aromatic N) is 8. The Morgan fingerprint density at radius 2 is 0.655 bits per heavy atom. The molecule has 0 fully saturated rings. The number of benzene rings is 11. The van der Waals surface area contributed by atoms with Crippen molar-refractivity contribution >= 4 is 98.6 Å². The zero-order valence-corrected chi connectivity index (χ0v) is 46.2. The van der Waals surface area contributed by atoms with Crippen molar-refractivity contribution in [2.24, 2.45) is 0 Å². The number of para-hydroxylation sites is 4. The number of nitriles is 2. The molecule has 0 spiro atoms. The lowest BCUT2D eigenvalue weighted by Gasteiger charge is -2.23. The van der Waals surface area contributed by atoms with Crippen molar-refractivity contribution in [3.8, 4) is 57.1 Å². The summed E-state index contributed by atoms with van der Waals surface area (Å²) in [5.74, 6) is 0. The van der Waals surface area contributed by atoms with Gasteiger partial charge in [-0.15, -0.1) is 0 Å². The van der Waals surface area contributed by atoms with Crippen LogP contribution in [-0.2, 0) is 10.8 Å². The van der Waals surface area contributed by atoms with E-state index in [9.17, 15) is 23.7 Å². The summed E-state index contributed by atoms with van der Waals surface area (Å²) in [4.78, 5) is 8.67. The van der Waals surface area contributed by atoms with Gasteiger partial charge in [-0.1, -0.05) is 149 Å². The standard InChI is InChI=1S/C76H46N8/c1-75(2)59-25-13-7-19-45(59)51-37-55-53-35-43(81-63-27-15-9-21-47(63)48-22-10-16-28-64(48)81)31-33-67(53)83(69(55)39-61(51)75)73-57(41-77)71(79-5)74(72(80-6)58(73)42-78)84-68-34-32-44(82-65-29-17-11-23-49(65)50-24-12-18-30-66(50)82)36-54(68)56-38-52-46-20-8-14-26-60(46)76(3,4)62(52)40-70(56)84/h7-40H,1-4H3. The molecule has 0 amide bonds. The van der Waals surface area contributed by atoms with Crippen molar-refractivity contribution in [2.75, 3.05) is 0 Å². The predicted octanol–water partition coefficient (Wildman–Crippen LogP) is 19.5. The summed E-state index contributed by atoms with van der Waals surface area (Å²) in [5.41, 5.74) is 18.1. The van der Waals surface area contributed by atoms with Gasteiger partial charge in [-0.25, -0.2) is 9.69 Å². The molecule has 17 rings (SSSR count). The van der Waals surface area contributed by atoms with Crippen molar-refractivity contribution in [3.63, 3.8) is 0 Å². The maximum Gasteiger partial charge on any atom is 0.219 e. The molecule has 0 aliphatic heterocycles. The molecule has 4 aromatic heterocycles. The van der Waals surface area contributed by atoms with Crippen LogP contribution in [0.15, 0.2) is 206 Å². The summed E-state index contributed by atoms with van der Waals surface area (Å²) in [7, 11) is 0. The molecule has 0 atom stereocenters. The third-order valence-corrected chi connectivity index (χ3v) is 18.9. The third kappa shape index (κ3) is 5.90. The first-order valence-electron chi connectivity index (χ1n) is 28.3. The Hall–Kier alpha value is -11.4. The smallest absolute Gasteiger partial charge is 0.219 e. The zero-order chi connectivity index (χ0) is 56.7. The van der Waals surface area contributed by atoms with E-state index in [4.69, 9.17) is 0 Å². The monoisotopic (exact) mass is 1070 g/mol. The topological polar surface area (TPSA) is 76.0 Å². The first-order chi connectivity index (χ1) is 41.0. The van der Waals surface area contributed by atoms with Gasteiger partial charge >= 0.3 is 0 Å². The van der Waals surface area contributed by atoms with Crippen LogP contribution in [0.2, 0.25) is 0 Å². The first kappa shape index (κ1) is 47.4. The van der Waals surface area contributed by atoms with Crippen LogP contribution in [0, 0.1) is 35.8 Å². The quantitative estimate of drug-likeness (QED) is 0.165. The van der Waals surface area contributed by atoms with Crippen LogP contribution in [0.4, 0.5) is 11.4 Å². The molecule has 8 heteroatoms. The van der Waals surface area contributed by atoms with Gasteiger partial charge in [-0.3, -0.25) is 0 Å². The van der Waals surface area contributed by atoms with E-state index < -0.39 is 10.8 Å². The third-order valence-electron chi connectivity index (χ3n) is 18.9. The molecule has 0 N–H and O–H groups in total. The summed E-state index contributed by atoms with van der Waals surface area (Å²) in [5, 5.41) is 32.1. The number of fused-ring (bicyclic) bond motifs is 18. The highest BCUT2D eigenvalue weighted by atomic mass is 15.1. The van der Waals surface area contributed by atoms with E-state index in [-0.39, 0.29) is 33.9 Å². The molecule has 0 radical (unpaired) electrons. The lowest BCUT2D eigenvalue weighted by atomic mass is 9.82. The average Bonchev–Trinajstić information content (AvgIpc) is 1.74. The van der Waals surface area contributed by atoms with Gasteiger partial charge < -0.3 is 18.3 Å². The Labute approximate surface area is 483 Å². The van der Waals surface area contributed by atoms with Crippen molar-refractivity contribution in [1.29, 1.82) is 10.5 Å². The molecular weight excluding hydrogens is 1020 g/mol. The minimum absolute atomic E-state index is 0.00313. The van der Waals surface area contributed by atoms with Crippen LogP contribution in [-0.4, -0.2) is 18.3 Å². The van der Waals surface area contributed by atoms with Crippen LogP contribution >= 0.6 is 0 Å². The van der Waals surface area contributed by atoms with Crippen molar-refractivity contribution in [3.05, 3.63) is 262 Å². The van der Waals surface area contributed by atoms with Crippen LogP contribution in [0.3, 0.4) is 0 Å². The maximum atomic E-state index is 11.9. The predicted molar refractivity (Wildman–Crippen MR) is 341 cm³/mol. The largest absolute Gasteiger partial charge is 0.329 e. The van der Waals surface area contributed by atoms with E-state index in [0.29, 0.717) is 0 Å². The molecule has 11 aromatic carbocycles. The van der Waals surface area contributed by atoms with Gasteiger partial charge in [0.15, 0.2) is 0 Å². The number of rotatable bonds is 4. The Bertz CT molecular complexity index is 5230. The highest BCUT2D eigenvalue weighted by Crippen LogP contribution is 2.56. The molecule has 390 valence electrons. The molecule has 84 heavy (non-hydrogen) atoms. The fourth-order valence-electron chi connectivity index (χ4n) is 15.1. The van der Waals surface area contributed by atoms with E-state index in [1.807, 2.05) is 9.13 Å². The normalized spacial score (nSPS) is 13.6. The minimum Gasteiger partial charge on any atom is -0.329 e. The van der Waals surface area contributed by atoms with Crippen molar-refractivity contribution in [1.82, 2.24) is 18.3 Å². The first-order valence-corrected chi connectivity index (χ1v) is 28.3. The van der Waals surface area contributed by atoms with E-state index in [1.54, 1.807) is 0 Å². The summed E-state index contributed by atoms with van der Waals surface area (Å²) < 4.78 is 8.61. The molecule has 0 saturated carbocycles. The lowest BCUT2D eigenvalue weighted by Crippen LogP contribution is -2.15. The Kier molecular flexibility index (Phi) is 9.36. The molecule has 15 aromatic rings. The van der Waals surface area contributed by atoms with Gasteiger partial charge in [0.1, 0.15) is 0 Å². The van der Waals surface area contributed by atoms with E-state index in [2.05, 4.69) is 265 Å². The van der Waals surface area contributed by atoms with Crippen molar-refractivity contribution in [2.45, 2.75) is 38.5 Å². The fraction of sp³-hybridized carbons (Fsp3) is 0.0789. The molecule has 0 unspecified atom stereocenters. The van der Waals surface area contributed by atoms with Gasteiger partial charge in [0.2, 0.25) is 11.4 Å². The summed E-state index contributed by atoms with van der Waals surface area (Å²) >= 11 is 0. The van der Waals surface area contributed by atoms with Crippen LogP contribution in [0.1, 0.15) is 61.1 Å². The van der Waals surface area contributed by atoms with E-state index >= 15 is 0 Å². The second-order valence-electron chi connectivity index (χ2n) is 23.6. The summed E-state index contributed by atoms with van der Waals surface area (Å²) in [6, 6.07) is 77.8. The number of hydrogen-bond acceptors (Lipinski definition) is 2. The number of aromatic nitrogens is 4. The lowest BCUT2D eigenvalue weighted by molar-refractivity contribution is 0.661. The zero-order valence-electron chi connectivity index (χ0n) is 46.2. The van der Waals surface area contributed by atoms with Crippen LogP contribution < -0.4 is 0 Å². The second-order valence-corrected chi connectivity index (χ2v) is 23.6. The molecule has 4 heterocycles. The van der Waals surface area contributed by atoms with Crippen LogP contribution in [0.5, 0.6) is 0 Å². The molecule has 2 aliphatic rings. The van der Waals surface area contributed by atoms with E-state index in [0.717, 1.165) is 132 Å². The summed E-state index contributed by atoms with van der Waals surface area (Å²) in [6.07, 6.45) is 0. The average molecular weight is 1070 g/mol. The SMILES string of the molecule is [C-]#[N+]c1c(C#N)c(-n2c3ccc(-n4c5ccccc5c5ccccc54)cc3c3cc4c(cc32)C(C)(C)c2ccccc2-4)c(C#N)c([N+]#[C-])c1-n1c2ccc(-n3c4ccccc4c4ccccc43)cc2c2cc3c(cc21)C(C)(C)c1ccccc1-3. The van der Waals surface area contributed by atoms with Crippen LogP contribution in [0.25, 0.3) is 142 Å².